The second-order valence-corrected chi connectivity index (χ2v) is 8.78. The van der Waals surface area contributed by atoms with Gasteiger partial charge in [0, 0.05) is 38.8 Å². The van der Waals surface area contributed by atoms with Crippen molar-refractivity contribution in [1.82, 2.24) is 9.62 Å². The number of benzene rings is 2. The van der Waals surface area contributed by atoms with E-state index in [1.54, 1.807) is 24.3 Å². The minimum Gasteiger partial charge on any atom is -0.497 e. The maximum absolute atomic E-state index is 13.9. The van der Waals surface area contributed by atoms with Crippen LogP contribution >= 0.6 is 0 Å². The fourth-order valence-corrected chi connectivity index (χ4v) is 4.73. The second-order valence-electron chi connectivity index (χ2n) is 7.05. The summed E-state index contributed by atoms with van der Waals surface area (Å²) in [6, 6.07) is 11.4. The number of para-hydroxylation sites is 1. The summed E-state index contributed by atoms with van der Waals surface area (Å²) in [5, 5.41) is 0. The second kappa shape index (κ2) is 10.1. The van der Waals surface area contributed by atoms with E-state index in [9.17, 15) is 12.8 Å². The molecule has 1 saturated heterocycles. The van der Waals surface area contributed by atoms with Gasteiger partial charge in [-0.1, -0.05) is 12.1 Å². The molecule has 0 aliphatic carbocycles. The van der Waals surface area contributed by atoms with Crippen LogP contribution in [0.5, 0.6) is 11.5 Å². The van der Waals surface area contributed by atoms with Gasteiger partial charge >= 0.3 is 0 Å². The number of piperazine rings is 1. The van der Waals surface area contributed by atoms with Crippen molar-refractivity contribution in [2.24, 2.45) is 0 Å². The standard InChI is InChI=1S/C21H28FN3O4S/c1-28-17-8-9-21(20(16-17)29-2)30(26,27)23-10-5-11-24-12-14-25(15-13-24)19-7-4-3-6-18(19)22/h3-4,6-9,16,23H,5,10-15H2,1-2H3. The minimum absolute atomic E-state index is 0.0873. The van der Waals surface area contributed by atoms with E-state index in [1.807, 2.05) is 11.0 Å². The quantitative estimate of drug-likeness (QED) is 0.608. The van der Waals surface area contributed by atoms with Crippen molar-refractivity contribution >= 4 is 15.7 Å². The molecule has 9 heteroatoms. The van der Waals surface area contributed by atoms with Gasteiger partial charge in [-0.05, 0) is 37.2 Å². The molecule has 7 nitrogen and oxygen atoms in total. The molecule has 1 N–H and O–H groups in total. The van der Waals surface area contributed by atoms with Gasteiger partial charge in [0.25, 0.3) is 0 Å². The summed E-state index contributed by atoms with van der Waals surface area (Å²) in [6.45, 7) is 4.21. The minimum atomic E-state index is -3.68. The first-order valence-electron chi connectivity index (χ1n) is 9.88. The van der Waals surface area contributed by atoms with E-state index in [-0.39, 0.29) is 16.5 Å². The predicted octanol–water partition coefficient (Wildman–Crippen LogP) is 2.33. The number of methoxy groups -OCH3 is 2. The maximum Gasteiger partial charge on any atom is 0.244 e. The van der Waals surface area contributed by atoms with Gasteiger partial charge in [-0.15, -0.1) is 0 Å². The monoisotopic (exact) mass is 437 g/mol. The summed E-state index contributed by atoms with van der Waals surface area (Å²) >= 11 is 0. The van der Waals surface area contributed by atoms with Crippen LogP contribution in [0.2, 0.25) is 0 Å². The van der Waals surface area contributed by atoms with Crippen LogP contribution in [0.25, 0.3) is 0 Å². The fourth-order valence-electron chi connectivity index (χ4n) is 3.50. The number of rotatable bonds is 9. The van der Waals surface area contributed by atoms with Gasteiger partial charge in [0.2, 0.25) is 10.0 Å². The van der Waals surface area contributed by atoms with Crippen molar-refractivity contribution in [3.05, 3.63) is 48.3 Å². The largest absolute Gasteiger partial charge is 0.497 e. The molecule has 0 saturated carbocycles. The lowest BCUT2D eigenvalue weighted by Crippen LogP contribution is -2.47. The van der Waals surface area contributed by atoms with Gasteiger partial charge in [-0.3, -0.25) is 4.90 Å². The molecular weight excluding hydrogens is 409 g/mol. The summed E-state index contributed by atoms with van der Waals surface area (Å²) in [5.41, 5.74) is 0.637. The molecule has 1 aliphatic heterocycles. The van der Waals surface area contributed by atoms with Gasteiger partial charge in [0.15, 0.2) is 0 Å². The molecule has 0 atom stereocenters. The van der Waals surface area contributed by atoms with Crippen molar-refractivity contribution in [1.29, 1.82) is 0 Å². The van der Waals surface area contributed by atoms with Crippen LogP contribution in [0.3, 0.4) is 0 Å². The molecule has 0 bridgehead atoms. The number of nitrogens with one attached hydrogen (secondary N) is 1. The Kier molecular flexibility index (Phi) is 7.52. The lowest BCUT2D eigenvalue weighted by molar-refractivity contribution is 0.255. The van der Waals surface area contributed by atoms with Crippen LogP contribution in [0, 0.1) is 5.82 Å². The predicted molar refractivity (Wildman–Crippen MR) is 114 cm³/mol. The zero-order valence-corrected chi connectivity index (χ0v) is 18.1. The van der Waals surface area contributed by atoms with Gasteiger partial charge < -0.3 is 14.4 Å². The highest BCUT2D eigenvalue weighted by Crippen LogP contribution is 2.28. The van der Waals surface area contributed by atoms with Crippen LogP contribution in [-0.2, 0) is 10.0 Å². The highest BCUT2D eigenvalue weighted by Gasteiger charge is 2.21. The van der Waals surface area contributed by atoms with E-state index in [0.29, 0.717) is 24.4 Å². The fraction of sp³-hybridized carbons (Fsp3) is 0.429. The topological polar surface area (TPSA) is 71.1 Å². The first kappa shape index (κ1) is 22.3. The molecule has 1 heterocycles. The van der Waals surface area contributed by atoms with E-state index in [4.69, 9.17) is 9.47 Å². The molecule has 30 heavy (non-hydrogen) atoms. The zero-order valence-electron chi connectivity index (χ0n) is 17.3. The molecule has 0 radical (unpaired) electrons. The van der Waals surface area contributed by atoms with Crippen LogP contribution in [0.4, 0.5) is 10.1 Å². The highest BCUT2D eigenvalue weighted by molar-refractivity contribution is 7.89. The van der Waals surface area contributed by atoms with E-state index in [0.717, 1.165) is 32.7 Å². The van der Waals surface area contributed by atoms with E-state index in [1.165, 1.54) is 26.4 Å². The number of nitrogens with zero attached hydrogens (tertiary/aromatic N) is 2. The van der Waals surface area contributed by atoms with Gasteiger partial charge in [-0.25, -0.2) is 17.5 Å². The number of hydrogen-bond acceptors (Lipinski definition) is 6. The Bertz CT molecular complexity index is 947. The average Bonchev–Trinajstić information content (AvgIpc) is 2.77. The molecular formula is C21H28FN3O4S. The smallest absolute Gasteiger partial charge is 0.244 e. The summed E-state index contributed by atoms with van der Waals surface area (Å²) in [4.78, 5) is 4.40. The molecule has 0 unspecified atom stereocenters. The molecule has 2 aromatic rings. The SMILES string of the molecule is COc1ccc(S(=O)(=O)NCCCN2CCN(c3ccccc3F)CC2)c(OC)c1. The number of ether oxygens (including phenoxy) is 2. The lowest BCUT2D eigenvalue weighted by atomic mass is 10.2. The van der Waals surface area contributed by atoms with E-state index >= 15 is 0 Å². The molecule has 1 fully saturated rings. The lowest BCUT2D eigenvalue weighted by Gasteiger charge is -2.36. The van der Waals surface area contributed by atoms with Crippen molar-refractivity contribution in [3.8, 4) is 11.5 Å². The highest BCUT2D eigenvalue weighted by atomic mass is 32.2. The van der Waals surface area contributed by atoms with Crippen LogP contribution in [-0.4, -0.2) is 66.8 Å². The van der Waals surface area contributed by atoms with Crippen molar-refractivity contribution in [2.45, 2.75) is 11.3 Å². The Morgan fingerprint density at radius 2 is 1.77 bits per heavy atom. The summed E-state index contributed by atoms with van der Waals surface area (Å²) in [6.07, 6.45) is 0.678. The zero-order chi connectivity index (χ0) is 21.6. The van der Waals surface area contributed by atoms with Gasteiger partial charge in [-0.2, -0.15) is 0 Å². The Hall–Kier alpha value is -2.36. The first-order valence-corrected chi connectivity index (χ1v) is 11.4. The van der Waals surface area contributed by atoms with Crippen LogP contribution < -0.4 is 19.1 Å². The molecule has 0 spiro atoms. The van der Waals surface area contributed by atoms with Crippen LogP contribution in [0.15, 0.2) is 47.4 Å². The first-order chi connectivity index (χ1) is 14.4. The van der Waals surface area contributed by atoms with Crippen molar-refractivity contribution < 1.29 is 22.3 Å². The number of hydrogen-bond donors (Lipinski definition) is 1. The molecule has 164 valence electrons. The summed E-state index contributed by atoms with van der Waals surface area (Å²) in [5.74, 6) is 0.570. The average molecular weight is 438 g/mol. The third kappa shape index (κ3) is 5.41. The van der Waals surface area contributed by atoms with Crippen LogP contribution in [0.1, 0.15) is 6.42 Å². The summed E-state index contributed by atoms with van der Waals surface area (Å²) < 4.78 is 52.1. The molecule has 2 aromatic carbocycles. The molecule has 3 rings (SSSR count). The van der Waals surface area contributed by atoms with E-state index < -0.39 is 10.0 Å². The Balaban J connectivity index is 1.46. The Morgan fingerprint density at radius 3 is 2.43 bits per heavy atom. The molecule has 0 aromatic heterocycles. The number of anilines is 1. The van der Waals surface area contributed by atoms with E-state index in [2.05, 4.69) is 9.62 Å². The third-order valence-electron chi connectivity index (χ3n) is 5.17. The van der Waals surface area contributed by atoms with Crippen molar-refractivity contribution in [2.75, 3.05) is 58.4 Å². The Morgan fingerprint density at radius 1 is 1.03 bits per heavy atom. The van der Waals surface area contributed by atoms with Gasteiger partial charge in [0.05, 0.1) is 19.9 Å². The maximum atomic E-state index is 13.9. The molecule has 0 amide bonds. The third-order valence-corrected chi connectivity index (χ3v) is 6.67. The normalized spacial score (nSPS) is 15.2. The Labute approximate surface area is 177 Å². The number of sulfonamides is 1. The van der Waals surface area contributed by atoms with Gasteiger partial charge in [0.1, 0.15) is 22.2 Å². The number of halogens is 1. The molecule has 1 aliphatic rings. The summed E-state index contributed by atoms with van der Waals surface area (Å²) in [7, 11) is -0.743. The van der Waals surface area contributed by atoms with Crippen molar-refractivity contribution in [3.63, 3.8) is 0 Å².